The van der Waals surface area contributed by atoms with Gasteiger partial charge in [-0.1, -0.05) is 6.92 Å². The number of nitrogens with two attached hydrogens (primary N) is 1. The maximum Gasteiger partial charge on any atom is 0.360 e. The van der Waals surface area contributed by atoms with E-state index >= 15 is 0 Å². The number of anilines is 1. The fourth-order valence-electron chi connectivity index (χ4n) is 2.63. The summed E-state index contributed by atoms with van der Waals surface area (Å²) in [5.74, 6) is 0.671. The Morgan fingerprint density at radius 1 is 1.52 bits per heavy atom. The zero-order chi connectivity index (χ0) is 15.7. The summed E-state index contributed by atoms with van der Waals surface area (Å²) < 4.78 is 6.68. The summed E-state index contributed by atoms with van der Waals surface area (Å²) in [5.41, 5.74) is 7.57. The van der Waals surface area contributed by atoms with Crippen molar-refractivity contribution < 1.29 is 9.53 Å². The third-order valence-corrected chi connectivity index (χ3v) is 4.61. The molecule has 0 aliphatic carbocycles. The molecule has 2 N–H and O–H groups in total. The summed E-state index contributed by atoms with van der Waals surface area (Å²) >= 11 is 1.76. The number of esters is 1. The van der Waals surface area contributed by atoms with Crippen LogP contribution in [0.3, 0.4) is 0 Å². The highest BCUT2D eigenvalue weighted by Crippen LogP contribution is 2.32. The number of nitrogen functional groups attached to an aromatic ring is 1. The Bertz CT molecular complexity index is 673. The van der Waals surface area contributed by atoms with Gasteiger partial charge in [0.15, 0.2) is 5.69 Å². The monoisotopic (exact) mass is 307 g/mol. The molecule has 1 atom stereocenters. The first kappa shape index (κ1) is 15.6. The zero-order valence-electron chi connectivity index (χ0n) is 13.1. The molecule has 1 unspecified atom stereocenters. The van der Waals surface area contributed by atoms with Crippen LogP contribution in [-0.4, -0.2) is 22.6 Å². The number of carbonyl (C=O) groups is 1. The van der Waals surface area contributed by atoms with Crippen molar-refractivity contribution in [2.45, 2.75) is 40.2 Å². The van der Waals surface area contributed by atoms with E-state index < -0.39 is 5.97 Å². The first-order valence-electron chi connectivity index (χ1n) is 6.92. The number of carbonyl (C=O) groups excluding carboxylic acids is 1. The fraction of sp³-hybridized carbons (Fsp3) is 0.467. The minimum atomic E-state index is -0.494. The lowest BCUT2D eigenvalue weighted by atomic mass is 10.1. The Labute approximate surface area is 128 Å². The van der Waals surface area contributed by atoms with Crippen LogP contribution >= 0.6 is 11.3 Å². The van der Waals surface area contributed by atoms with E-state index in [0.717, 1.165) is 5.82 Å². The topological polar surface area (TPSA) is 70.1 Å². The molecule has 0 saturated heterocycles. The molecule has 5 nitrogen and oxygen atoms in total. The summed E-state index contributed by atoms with van der Waals surface area (Å²) in [5, 5.41) is 0. The molecule has 2 aromatic heterocycles. The van der Waals surface area contributed by atoms with Gasteiger partial charge in [0.2, 0.25) is 0 Å². The number of nitrogens with zero attached hydrogens (tertiary/aromatic N) is 2. The van der Waals surface area contributed by atoms with Gasteiger partial charge in [0.25, 0.3) is 0 Å². The number of rotatable bonds is 4. The van der Waals surface area contributed by atoms with Gasteiger partial charge in [0.1, 0.15) is 11.6 Å². The number of methoxy groups -OCH3 is 1. The molecule has 0 bridgehead atoms. The van der Waals surface area contributed by atoms with Crippen molar-refractivity contribution in [2.75, 3.05) is 12.8 Å². The first-order valence-corrected chi connectivity index (χ1v) is 7.74. The number of aromatic nitrogens is 2. The van der Waals surface area contributed by atoms with Crippen molar-refractivity contribution in [3.8, 4) is 0 Å². The quantitative estimate of drug-likeness (QED) is 0.881. The highest BCUT2D eigenvalue weighted by Gasteiger charge is 2.25. The zero-order valence-corrected chi connectivity index (χ0v) is 13.9. The second-order valence-electron chi connectivity index (χ2n) is 5.02. The van der Waals surface area contributed by atoms with E-state index in [4.69, 9.17) is 10.5 Å². The Hall–Kier alpha value is -1.82. The van der Waals surface area contributed by atoms with Crippen molar-refractivity contribution in [2.24, 2.45) is 0 Å². The highest BCUT2D eigenvalue weighted by molar-refractivity contribution is 7.12. The lowest BCUT2D eigenvalue weighted by Gasteiger charge is -2.18. The summed E-state index contributed by atoms with van der Waals surface area (Å²) in [6, 6.07) is 2.21. The van der Waals surface area contributed by atoms with Crippen LogP contribution in [0.15, 0.2) is 6.07 Å². The predicted octanol–water partition coefficient (Wildman–Crippen LogP) is 3.10. The van der Waals surface area contributed by atoms with Crippen LogP contribution in [0.2, 0.25) is 0 Å². The van der Waals surface area contributed by atoms with Crippen molar-refractivity contribution in [1.29, 1.82) is 0 Å². The second-order valence-corrected chi connectivity index (χ2v) is 6.48. The smallest absolute Gasteiger partial charge is 0.360 e. The van der Waals surface area contributed by atoms with Gasteiger partial charge < -0.3 is 15.0 Å². The lowest BCUT2D eigenvalue weighted by molar-refractivity contribution is 0.0595. The van der Waals surface area contributed by atoms with Crippen LogP contribution in [0.25, 0.3) is 0 Å². The molecule has 0 saturated carbocycles. The van der Waals surface area contributed by atoms with Crippen molar-refractivity contribution in [1.82, 2.24) is 9.55 Å². The van der Waals surface area contributed by atoms with Gasteiger partial charge in [0.05, 0.1) is 13.2 Å². The molecule has 2 heterocycles. The maximum absolute atomic E-state index is 11.8. The molecule has 0 aromatic carbocycles. The molecular formula is C15H21N3O2S. The molecule has 114 valence electrons. The molecule has 2 aromatic rings. The third-order valence-electron chi connectivity index (χ3n) is 3.63. The van der Waals surface area contributed by atoms with Crippen LogP contribution in [0.1, 0.15) is 51.5 Å². The second kappa shape index (κ2) is 5.89. The van der Waals surface area contributed by atoms with E-state index in [1.54, 1.807) is 11.3 Å². The molecule has 0 radical (unpaired) electrons. The SMILES string of the molecule is CCc1nc(C(=O)OC)c(N)n1C(C)c1cc(C)sc1C. The molecular weight excluding hydrogens is 286 g/mol. The van der Waals surface area contributed by atoms with Crippen LogP contribution in [0.4, 0.5) is 5.82 Å². The van der Waals surface area contributed by atoms with Crippen molar-refractivity contribution >= 4 is 23.1 Å². The summed E-state index contributed by atoms with van der Waals surface area (Å²) in [6.07, 6.45) is 0.702. The van der Waals surface area contributed by atoms with Crippen LogP contribution in [-0.2, 0) is 11.2 Å². The minimum Gasteiger partial charge on any atom is -0.464 e. The van der Waals surface area contributed by atoms with E-state index in [2.05, 4.69) is 31.8 Å². The van der Waals surface area contributed by atoms with E-state index in [1.807, 2.05) is 11.5 Å². The maximum atomic E-state index is 11.8. The number of hydrogen-bond donors (Lipinski definition) is 1. The fourth-order valence-corrected chi connectivity index (χ4v) is 3.64. The van der Waals surface area contributed by atoms with Gasteiger partial charge in [-0.25, -0.2) is 9.78 Å². The van der Waals surface area contributed by atoms with Gasteiger partial charge in [0, 0.05) is 16.2 Å². The molecule has 0 fully saturated rings. The minimum absolute atomic E-state index is 0.0378. The van der Waals surface area contributed by atoms with Gasteiger partial charge in [-0.2, -0.15) is 0 Å². The summed E-state index contributed by atoms with van der Waals surface area (Å²) in [4.78, 5) is 18.6. The molecule has 0 amide bonds. The summed E-state index contributed by atoms with van der Waals surface area (Å²) in [6.45, 7) is 8.26. The first-order chi connectivity index (χ1) is 9.90. The van der Waals surface area contributed by atoms with E-state index in [1.165, 1.54) is 22.4 Å². The van der Waals surface area contributed by atoms with Crippen molar-refractivity contribution in [3.63, 3.8) is 0 Å². The third kappa shape index (κ3) is 2.68. The van der Waals surface area contributed by atoms with E-state index in [-0.39, 0.29) is 11.7 Å². The highest BCUT2D eigenvalue weighted by atomic mass is 32.1. The van der Waals surface area contributed by atoms with E-state index in [0.29, 0.717) is 12.2 Å². The Morgan fingerprint density at radius 3 is 2.67 bits per heavy atom. The van der Waals surface area contributed by atoms with Crippen molar-refractivity contribution in [3.05, 3.63) is 32.9 Å². The van der Waals surface area contributed by atoms with Gasteiger partial charge in [-0.3, -0.25) is 0 Å². The molecule has 6 heteroatoms. The Morgan fingerprint density at radius 2 is 2.19 bits per heavy atom. The number of hydrogen-bond acceptors (Lipinski definition) is 5. The van der Waals surface area contributed by atoms with Crippen LogP contribution in [0, 0.1) is 13.8 Å². The largest absolute Gasteiger partial charge is 0.464 e. The van der Waals surface area contributed by atoms with Gasteiger partial charge >= 0.3 is 5.97 Å². The van der Waals surface area contributed by atoms with Gasteiger partial charge in [-0.05, 0) is 32.4 Å². The molecule has 0 aliphatic rings. The Balaban J connectivity index is 2.54. The lowest BCUT2D eigenvalue weighted by Crippen LogP contribution is -2.14. The molecule has 21 heavy (non-hydrogen) atoms. The van der Waals surface area contributed by atoms with Crippen LogP contribution < -0.4 is 5.73 Å². The molecule has 0 aliphatic heterocycles. The number of thiophene rings is 1. The average Bonchev–Trinajstić information content (AvgIpc) is 2.96. The normalized spacial score (nSPS) is 12.4. The molecule has 0 spiro atoms. The average molecular weight is 307 g/mol. The molecule has 2 rings (SSSR count). The number of imidazole rings is 1. The number of ether oxygens (including phenoxy) is 1. The number of aryl methyl sites for hydroxylation is 3. The summed E-state index contributed by atoms with van der Waals surface area (Å²) in [7, 11) is 1.34. The predicted molar refractivity (Wildman–Crippen MR) is 85.0 cm³/mol. The van der Waals surface area contributed by atoms with Gasteiger partial charge in [-0.15, -0.1) is 11.3 Å². The van der Waals surface area contributed by atoms with Crippen LogP contribution in [0.5, 0.6) is 0 Å². The van der Waals surface area contributed by atoms with E-state index in [9.17, 15) is 4.79 Å². The Kier molecular flexibility index (Phi) is 4.37. The standard InChI is InChI=1S/C15H21N3O2S/c1-6-12-17-13(15(19)20-5)14(16)18(12)9(3)11-7-8(2)21-10(11)4/h7,9H,6,16H2,1-5H3.